The number of nitrogens with one attached hydrogen (secondary N) is 1. The lowest BCUT2D eigenvalue weighted by Gasteiger charge is -2.15. The summed E-state index contributed by atoms with van der Waals surface area (Å²) in [6.07, 6.45) is 3.08. The molecule has 18 heavy (non-hydrogen) atoms. The monoisotopic (exact) mass is 261 g/mol. The van der Waals surface area contributed by atoms with Gasteiger partial charge in [-0.3, -0.25) is 0 Å². The third-order valence-corrected chi connectivity index (χ3v) is 3.65. The maximum Gasteiger partial charge on any atom is 0.160 e. The summed E-state index contributed by atoms with van der Waals surface area (Å²) in [4.78, 5) is 9.07. The van der Waals surface area contributed by atoms with E-state index in [0.29, 0.717) is 6.04 Å². The van der Waals surface area contributed by atoms with Crippen LogP contribution in [0.4, 0.5) is 0 Å². The van der Waals surface area contributed by atoms with Crippen LogP contribution < -0.4 is 5.32 Å². The fourth-order valence-corrected chi connectivity index (χ4v) is 2.54. The zero-order valence-electron chi connectivity index (χ0n) is 11.1. The van der Waals surface area contributed by atoms with Crippen LogP contribution in [0.25, 0.3) is 11.4 Å². The van der Waals surface area contributed by atoms with E-state index in [1.165, 1.54) is 5.56 Å². The van der Waals surface area contributed by atoms with Gasteiger partial charge >= 0.3 is 0 Å². The van der Waals surface area contributed by atoms with Crippen molar-refractivity contribution in [2.24, 2.45) is 0 Å². The quantitative estimate of drug-likeness (QED) is 0.894. The average molecular weight is 261 g/mol. The van der Waals surface area contributed by atoms with Crippen molar-refractivity contribution in [1.82, 2.24) is 15.3 Å². The van der Waals surface area contributed by atoms with Crippen LogP contribution in [0, 0.1) is 6.92 Å². The molecule has 0 radical (unpaired) electrons. The fourth-order valence-electron chi connectivity index (χ4n) is 1.90. The van der Waals surface area contributed by atoms with Crippen molar-refractivity contribution in [3.05, 3.63) is 34.3 Å². The molecular weight excluding hydrogens is 242 g/mol. The maximum absolute atomic E-state index is 4.60. The minimum atomic E-state index is 0.307. The molecular formula is C14H19N3S. The smallest absolute Gasteiger partial charge is 0.160 e. The molecule has 0 saturated carbocycles. The van der Waals surface area contributed by atoms with Crippen molar-refractivity contribution in [3.63, 3.8) is 0 Å². The second-order valence-electron chi connectivity index (χ2n) is 4.42. The van der Waals surface area contributed by atoms with Gasteiger partial charge in [-0.05, 0) is 38.3 Å². The molecule has 0 fully saturated rings. The number of thiophene rings is 1. The molecule has 2 aromatic rings. The highest BCUT2D eigenvalue weighted by Gasteiger charge is 2.11. The molecule has 2 heterocycles. The van der Waals surface area contributed by atoms with E-state index in [0.717, 1.165) is 30.0 Å². The number of rotatable bonds is 5. The van der Waals surface area contributed by atoms with Crippen molar-refractivity contribution in [2.45, 2.75) is 33.2 Å². The Balaban J connectivity index is 2.20. The first-order valence-corrected chi connectivity index (χ1v) is 7.26. The number of aryl methyl sites for hydroxylation is 1. The molecule has 0 aliphatic rings. The second-order valence-corrected chi connectivity index (χ2v) is 5.20. The molecule has 4 heteroatoms. The molecule has 0 aliphatic heterocycles. The van der Waals surface area contributed by atoms with Gasteiger partial charge in [-0.25, -0.2) is 9.97 Å². The van der Waals surface area contributed by atoms with Gasteiger partial charge in [0.15, 0.2) is 5.82 Å². The van der Waals surface area contributed by atoms with E-state index < -0.39 is 0 Å². The van der Waals surface area contributed by atoms with Gasteiger partial charge in [-0.2, -0.15) is 11.3 Å². The molecule has 0 aromatic carbocycles. The Hall–Kier alpha value is -1.26. The number of hydrogen-bond acceptors (Lipinski definition) is 4. The van der Waals surface area contributed by atoms with E-state index in [4.69, 9.17) is 0 Å². The predicted octanol–water partition coefficient (Wildman–Crippen LogP) is 3.57. The first kappa shape index (κ1) is 13.2. The van der Waals surface area contributed by atoms with Gasteiger partial charge in [0.25, 0.3) is 0 Å². The molecule has 0 amide bonds. The Morgan fingerprint density at radius 3 is 2.89 bits per heavy atom. The standard InChI is InChI=1S/C14H19N3S/c1-4-6-15-10(2)13-8-16-14(17-11(13)3)12-5-7-18-9-12/h5,7-10,15H,4,6H2,1-3H3. The zero-order chi connectivity index (χ0) is 13.0. The molecule has 1 N–H and O–H groups in total. The Morgan fingerprint density at radius 2 is 2.28 bits per heavy atom. The van der Waals surface area contributed by atoms with E-state index in [-0.39, 0.29) is 0 Å². The van der Waals surface area contributed by atoms with E-state index in [1.807, 2.05) is 11.6 Å². The average Bonchev–Trinajstić information content (AvgIpc) is 2.89. The van der Waals surface area contributed by atoms with Gasteiger partial charge in [0.1, 0.15) is 0 Å². The largest absolute Gasteiger partial charge is 0.310 e. The lowest BCUT2D eigenvalue weighted by atomic mass is 10.1. The molecule has 0 aliphatic carbocycles. The van der Waals surface area contributed by atoms with Crippen molar-refractivity contribution in [2.75, 3.05) is 6.54 Å². The van der Waals surface area contributed by atoms with E-state index >= 15 is 0 Å². The SMILES string of the molecule is CCCNC(C)c1cnc(-c2ccsc2)nc1C. The lowest BCUT2D eigenvalue weighted by molar-refractivity contribution is 0.564. The number of hydrogen-bond donors (Lipinski definition) is 1. The van der Waals surface area contributed by atoms with Crippen LogP contribution in [0.2, 0.25) is 0 Å². The Labute approximate surface area is 112 Å². The van der Waals surface area contributed by atoms with Crippen LogP contribution in [0.1, 0.15) is 37.6 Å². The van der Waals surface area contributed by atoms with Crippen molar-refractivity contribution < 1.29 is 0 Å². The summed E-state index contributed by atoms with van der Waals surface area (Å²) in [5.41, 5.74) is 3.34. The predicted molar refractivity (Wildman–Crippen MR) is 76.8 cm³/mol. The maximum atomic E-state index is 4.60. The van der Waals surface area contributed by atoms with Gasteiger partial charge in [-0.1, -0.05) is 6.92 Å². The molecule has 0 spiro atoms. The van der Waals surface area contributed by atoms with Crippen LogP contribution in [-0.2, 0) is 0 Å². The molecule has 1 unspecified atom stereocenters. The summed E-state index contributed by atoms with van der Waals surface area (Å²) in [7, 11) is 0. The number of aromatic nitrogens is 2. The number of nitrogens with zero attached hydrogens (tertiary/aromatic N) is 2. The first-order valence-electron chi connectivity index (χ1n) is 6.32. The fraction of sp³-hybridized carbons (Fsp3) is 0.429. The summed E-state index contributed by atoms with van der Waals surface area (Å²) in [5.74, 6) is 0.820. The third kappa shape index (κ3) is 2.94. The molecule has 96 valence electrons. The van der Waals surface area contributed by atoms with E-state index in [2.05, 4.69) is 47.5 Å². The summed E-state index contributed by atoms with van der Waals surface area (Å²) >= 11 is 1.67. The summed E-state index contributed by atoms with van der Waals surface area (Å²) in [6, 6.07) is 2.36. The van der Waals surface area contributed by atoms with Gasteiger partial charge < -0.3 is 5.32 Å². The minimum absolute atomic E-state index is 0.307. The van der Waals surface area contributed by atoms with Crippen molar-refractivity contribution in [1.29, 1.82) is 0 Å². The molecule has 0 bridgehead atoms. The van der Waals surface area contributed by atoms with Gasteiger partial charge in [-0.15, -0.1) is 0 Å². The Bertz CT molecular complexity index is 494. The molecule has 1 atom stereocenters. The van der Waals surface area contributed by atoms with Gasteiger partial charge in [0, 0.05) is 34.4 Å². The molecule has 2 rings (SSSR count). The Kier molecular flexibility index (Phi) is 4.44. The Morgan fingerprint density at radius 1 is 1.44 bits per heavy atom. The zero-order valence-corrected chi connectivity index (χ0v) is 11.9. The van der Waals surface area contributed by atoms with Gasteiger partial charge in [0.2, 0.25) is 0 Å². The van der Waals surface area contributed by atoms with Gasteiger partial charge in [0.05, 0.1) is 0 Å². The topological polar surface area (TPSA) is 37.8 Å². The van der Waals surface area contributed by atoms with Crippen molar-refractivity contribution >= 4 is 11.3 Å². The third-order valence-electron chi connectivity index (χ3n) is 2.96. The second kappa shape index (κ2) is 6.07. The first-order chi connectivity index (χ1) is 8.72. The molecule has 0 saturated heterocycles. The highest BCUT2D eigenvalue weighted by molar-refractivity contribution is 7.08. The van der Waals surface area contributed by atoms with Crippen molar-refractivity contribution in [3.8, 4) is 11.4 Å². The summed E-state index contributed by atoms with van der Waals surface area (Å²) in [5, 5.41) is 7.59. The highest BCUT2D eigenvalue weighted by Crippen LogP contribution is 2.21. The van der Waals surface area contributed by atoms with Crippen LogP contribution in [-0.4, -0.2) is 16.5 Å². The molecule has 2 aromatic heterocycles. The van der Waals surface area contributed by atoms with E-state index in [1.54, 1.807) is 11.3 Å². The lowest BCUT2D eigenvalue weighted by Crippen LogP contribution is -2.20. The minimum Gasteiger partial charge on any atom is -0.310 e. The highest BCUT2D eigenvalue weighted by atomic mass is 32.1. The van der Waals surface area contributed by atoms with Crippen LogP contribution >= 0.6 is 11.3 Å². The van der Waals surface area contributed by atoms with Crippen LogP contribution in [0.3, 0.4) is 0 Å². The van der Waals surface area contributed by atoms with Crippen LogP contribution in [0.5, 0.6) is 0 Å². The normalized spacial score (nSPS) is 12.6. The van der Waals surface area contributed by atoms with Crippen LogP contribution in [0.15, 0.2) is 23.0 Å². The summed E-state index contributed by atoms with van der Waals surface area (Å²) < 4.78 is 0. The molecule has 3 nitrogen and oxygen atoms in total. The van der Waals surface area contributed by atoms with E-state index in [9.17, 15) is 0 Å². The summed E-state index contributed by atoms with van der Waals surface area (Å²) in [6.45, 7) is 7.40.